The van der Waals surface area contributed by atoms with Crippen molar-refractivity contribution in [1.82, 2.24) is 9.97 Å². The fourth-order valence-corrected chi connectivity index (χ4v) is 3.39. The van der Waals surface area contributed by atoms with E-state index in [1.54, 1.807) is 11.6 Å². The Morgan fingerprint density at radius 3 is 2.74 bits per heavy atom. The van der Waals surface area contributed by atoms with E-state index in [1.165, 1.54) is 41.9 Å². The normalized spacial score (nSPS) is 13.2. The van der Waals surface area contributed by atoms with E-state index < -0.39 is 17.6 Å². The maximum Gasteiger partial charge on any atom is 0.417 e. The monoisotopic (exact) mass is 388 g/mol. The van der Waals surface area contributed by atoms with Crippen LogP contribution in [0.1, 0.15) is 27.0 Å². The average molecular weight is 388 g/mol. The number of hydrogen-bond donors (Lipinski definition) is 1. The number of aromatic nitrogens is 2. The highest BCUT2D eigenvalue weighted by Gasteiger charge is 2.35. The molecule has 2 aromatic heterocycles. The number of nitrogens with one attached hydrogen (secondary N) is 1. The lowest BCUT2D eigenvalue weighted by molar-refractivity contribution is -0.137. The fourth-order valence-electron chi connectivity index (χ4n) is 2.87. The minimum atomic E-state index is -4.49. The molecule has 0 saturated heterocycles. The second-order valence-corrected chi connectivity index (χ2v) is 6.66. The number of halogens is 3. The highest BCUT2D eigenvalue weighted by molar-refractivity contribution is 7.13. The first-order chi connectivity index (χ1) is 12.9. The molecule has 3 heterocycles. The van der Waals surface area contributed by atoms with Crippen molar-refractivity contribution in [2.45, 2.75) is 12.6 Å². The molecule has 9 heteroatoms. The lowest BCUT2D eigenvalue weighted by atomic mass is 9.99. The predicted molar refractivity (Wildman–Crippen MR) is 95.6 cm³/mol. The molecule has 0 radical (unpaired) electrons. The summed E-state index contributed by atoms with van der Waals surface area (Å²) >= 11 is 1.26. The first kappa shape index (κ1) is 17.3. The zero-order valence-electron chi connectivity index (χ0n) is 13.6. The number of thiazole rings is 1. The number of hydrogen-bond acceptors (Lipinski definition) is 5. The summed E-state index contributed by atoms with van der Waals surface area (Å²) in [5.74, 6) is -0.455. The van der Waals surface area contributed by atoms with Crippen LogP contribution in [-0.4, -0.2) is 21.6 Å². The quantitative estimate of drug-likeness (QED) is 0.719. The molecular weight excluding hydrogens is 377 g/mol. The predicted octanol–water partition coefficient (Wildman–Crippen LogP) is 4.49. The Labute approximate surface area is 155 Å². The van der Waals surface area contributed by atoms with Gasteiger partial charge in [0.2, 0.25) is 0 Å². The number of carbonyl (C=O) groups is 1. The van der Waals surface area contributed by atoms with E-state index in [0.29, 0.717) is 16.4 Å². The molecular formula is C18H11F3N4OS. The average Bonchev–Trinajstić information content (AvgIpc) is 3.29. The van der Waals surface area contributed by atoms with Crippen LogP contribution in [0.5, 0.6) is 0 Å². The molecule has 0 bridgehead atoms. The zero-order valence-corrected chi connectivity index (χ0v) is 14.4. The minimum Gasteiger partial charge on any atom is -0.298 e. The van der Waals surface area contributed by atoms with Gasteiger partial charge in [-0.15, -0.1) is 11.3 Å². The molecule has 0 atom stereocenters. The highest BCUT2D eigenvalue weighted by atomic mass is 32.1. The number of anilines is 1. The van der Waals surface area contributed by atoms with Crippen LogP contribution in [0.4, 0.5) is 24.0 Å². The Hall–Kier alpha value is -3.07. The number of pyridine rings is 1. The van der Waals surface area contributed by atoms with Crippen LogP contribution in [0.15, 0.2) is 53.2 Å². The molecule has 1 aliphatic heterocycles. The highest BCUT2D eigenvalue weighted by Crippen LogP contribution is 2.37. The van der Waals surface area contributed by atoms with E-state index in [1.807, 2.05) is 0 Å². The third kappa shape index (κ3) is 3.33. The van der Waals surface area contributed by atoms with Gasteiger partial charge in [-0.05, 0) is 6.07 Å². The van der Waals surface area contributed by atoms with Crippen LogP contribution in [0, 0.1) is 0 Å². The minimum absolute atomic E-state index is 0.00693. The van der Waals surface area contributed by atoms with Gasteiger partial charge in [0, 0.05) is 41.5 Å². The number of benzene rings is 1. The lowest BCUT2D eigenvalue weighted by Crippen LogP contribution is -2.13. The number of alkyl halides is 3. The van der Waals surface area contributed by atoms with E-state index in [-0.39, 0.29) is 23.3 Å². The summed E-state index contributed by atoms with van der Waals surface area (Å²) in [4.78, 5) is 24.9. The van der Waals surface area contributed by atoms with Gasteiger partial charge in [-0.25, -0.2) is 4.98 Å². The first-order valence-corrected chi connectivity index (χ1v) is 8.73. The Bertz CT molecular complexity index is 1050. The Kier molecular flexibility index (Phi) is 4.23. The summed E-state index contributed by atoms with van der Waals surface area (Å²) in [5, 5.41) is 4.77. The van der Waals surface area contributed by atoms with Crippen LogP contribution < -0.4 is 5.32 Å². The van der Waals surface area contributed by atoms with Crippen LogP contribution in [0.25, 0.3) is 0 Å². The van der Waals surface area contributed by atoms with E-state index in [9.17, 15) is 18.0 Å². The summed E-state index contributed by atoms with van der Waals surface area (Å²) in [6, 6.07) is 5.28. The largest absolute Gasteiger partial charge is 0.417 e. The van der Waals surface area contributed by atoms with Crippen molar-refractivity contribution in [3.63, 3.8) is 0 Å². The second-order valence-electron chi connectivity index (χ2n) is 5.76. The number of nitrogens with zero attached hydrogens (tertiary/aromatic N) is 3. The summed E-state index contributed by atoms with van der Waals surface area (Å²) in [6.45, 7) is 0. The summed E-state index contributed by atoms with van der Waals surface area (Å²) in [5.41, 5.74) is 0.655. The molecule has 3 aromatic rings. The third-order valence-corrected chi connectivity index (χ3v) is 4.73. The van der Waals surface area contributed by atoms with Crippen LogP contribution in [0.2, 0.25) is 0 Å². The molecule has 1 N–H and O–H groups in total. The van der Waals surface area contributed by atoms with Crippen molar-refractivity contribution in [3.05, 3.63) is 70.5 Å². The number of aliphatic imine (C=N–C) groups is 1. The molecule has 1 aromatic carbocycles. The molecule has 0 spiro atoms. The zero-order chi connectivity index (χ0) is 19.0. The Morgan fingerprint density at radius 1 is 1.19 bits per heavy atom. The number of amides is 1. The molecule has 1 amide bonds. The molecule has 0 unspecified atom stereocenters. The van der Waals surface area contributed by atoms with Gasteiger partial charge in [-0.3, -0.25) is 20.1 Å². The first-order valence-electron chi connectivity index (χ1n) is 7.85. The number of rotatable bonds is 3. The summed E-state index contributed by atoms with van der Waals surface area (Å²) in [6.07, 6.45) is 0.106. The maximum absolute atomic E-state index is 13.3. The molecule has 4 rings (SSSR count). The van der Waals surface area contributed by atoms with Crippen molar-refractivity contribution in [2.24, 2.45) is 4.99 Å². The van der Waals surface area contributed by atoms with E-state index in [4.69, 9.17) is 0 Å². The SMILES string of the molecule is O=C(Nc1nccs1)c1cncc2c1N=C(c1ccccc1C(F)(F)F)C2. The molecule has 27 heavy (non-hydrogen) atoms. The lowest BCUT2D eigenvalue weighted by Gasteiger charge is -2.12. The van der Waals surface area contributed by atoms with Crippen LogP contribution in [-0.2, 0) is 12.6 Å². The van der Waals surface area contributed by atoms with Gasteiger partial charge in [0.15, 0.2) is 5.13 Å². The summed E-state index contributed by atoms with van der Waals surface area (Å²) < 4.78 is 39.9. The molecule has 0 saturated carbocycles. The van der Waals surface area contributed by atoms with Crippen molar-refractivity contribution < 1.29 is 18.0 Å². The molecule has 136 valence electrons. The van der Waals surface area contributed by atoms with E-state index >= 15 is 0 Å². The van der Waals surface area contributed by atoms with Gasteiger partial charge < -0.3 is 0 Å². The Morgan fingerprint density at radius 2 is 2.00 bits per heavy atom. The van der Waals surface area contributed by atoms with Gasteiger partial charge in [-0.2, -0.15) is 13.2 Å². The van der Waals surface area contributed by atoms with E-state index in [2.05, 4.69) is 20.3 Å². The fraction of sp³-hybridized carbons (Fsp3) is 0.111. The van der Waals surface area contributed by atoms with Gasteiger partial charge in [0.1, 0.15) is 0 Å². The number of fused-ring (bicyclic) bond motifs is 1. The van der Waals surface area contributed by atoms with Gasteiger partial charge in [-0.1, -0.05) is 18.2 Å². The van der Waals surface area contributed by atoms with Gasteiger partial charge >= 0.3 is 6.18 Å². The second kappa shape index (κ2) is 6.58. The van der Waals surface area contributed by atoms with Crippen molar-refractivity contribution in [1.29, 1.82) is 0 Å². The van der Waals surface area contributed by atoms with Crippen molar-refractivity contribution in [2.75, 3.05) is 5.32 Å². The smallest absolute Gasteiger partial charge is 0.298 e. The van der Waals surface area contributed by atoms with Gasteiger partial charge in [0.05, 0.1) is 22.5 Å². The topological polar surface area (TPSA) is 67.2 Å². The van der Waals surface area contributed by atoms with Crippen LogP contribution in [0.3, 0.4) is 0 Å². The third-order valence-electron chi connectivity index (χ3n) is 4.04. The van der Waals surface area contributed by atoms with Crippen LogP contribution >= 0.6 is 11.3 Å². The number of carbonyl (C=O) groups excluding carboxylic acids is 1. The maximum atomic E-state index is 13.3. The van der Waals surface area contributed by atoms with E-state index in [0.717, 1.165) is 6.07 Å². The molecule has 5 nitrogen and oxygen atoms in total. The standard InChI is InChI=1S/C18H11F3N4OS/c19-18(20,21)13-4-2-1-3-11(13)14-7-10-8-22-9-12(15(10)24-14)16(26)25-17-23-5-6-27-17/h1-6,8-9H,7H2,(H,23,25,26). The molecule has 0 fully saturated rings. The van der Waals surface area contributed by atoms with Gasteiger partial charge in [0.25, 0.3) is 5.91 Å². The summed E-state index contributed by atoms with van der Waals surface area (Å²) in [7, 11) is 0. The molecule has 0 aliphatic carbocycles. The molecule has 1 aliphatic rings. The van der Waals surface area contributed by atoms with Crippen molar-refractivity contribution >= 4 is 33.8 Å². The van der Waals surface area contributed by atoms with Crippen molar-refractivity contribution in [3.8, 4) is 0 Å². The Balaban J connectivity index is 1.72.